The summed E-state index contributed by atoms with van der Waals surface area (Å²) in [4.78, 5) is -0.405. The number of primary sulfonamides is 1. The molecule has 28 heavy (non-hydrogen) atoms. The normalized spacial score (nSPS) is 12.0. The first kappa shape index (κ1) is 20.6. The third kappa shape index (κ3) is 4.48. The van der Waals surface area contributed by atoms with E-state index in [1.807, 2.05) is 0 Å². The van der Waals surface area contributed by atoms with Crippen molar-refractivity contribution in [2.75, 3.05) is 4.72 Å². The Balaban J connectivity index is 2.04. The van der Waals surface area contributed by atoms with Crippen LogP contribution in [0, 0.1) is 0 Å². The van der Waals surface area contributed by atoms with Gasteiger partial charge in [-0.25, -0.2) is 22.0 Å². The summed E-state index contributed by atoms with van der Waals surface area (Å²) in [6.07, 6.45) is 0. The zero-order chi connectivity index (χ0) is 20.5. The van der Waals surface area contributed by atoms with Crippen LogP contribution < -0.4 is 9.86 Å². The molecule has 3 N–H and O–H groups in total. The molecular formula is C18H14Cl2N2O4S2. The van der Waals surface area contributed by atoms with Crippen LogP contribution in [-0.2, 0) is 20.0 Å². The van der Waals surface area contributed by atoms with Crippen molar-refractivity contribution in [1.29, 1.82) is 0 Å². The van der Waals surface area contributed by atoms with E-state index in [0.29, 0.717) is 21.2 Å². The average Bonchev–Trinajstić information content (AvgIpc) is 2.63. The van der Waals surface area contributed by atoms with E-state index in [-0.39, 0.29) is 15.5 Å². The molecule has 0 radical (unpaired) electrons. The average molecular weight is 457 g/mol. The Bertz CT molecular complexity index is 1260. The Morgan fingerprint density at radius 1 is 0.821 bits per heavy atom. The van der Waals surface area contributed by atoms with Crippen LogP contribution in [0.25, 0.3) is 11.1 Å². The van der Waals surface area contributed by atoms with E-state index >= 15 is 0 Å². The number of halogens is 2. The van der Waals surface area contributed by atoms with Crippen molar-refractivity contribution in [3.05, 3.63) is 76.8 Å². The molecule has 6 nitrogen and oxygen atoms in total. The monoisotopic (exact) mass is 456 g/mol. The van der Waals surface area contributed by atoms with E-state index in [2.05, 4.69) is 4.72 Å². The number of anilines is 1. The standard InChI is InChI=1S/C18H14Cl2N2O4S2/c19-13-8-9-16(20)15(11-13)12-4-3-5-14(10-12)28(25,26)22-17-6-1-2-7-18(17)27(21,23)24/h1-11,22H,(H2,21,23,24). The second-order valence-corrected chi connectivity index (χ2v) is 9.85. The lowest BCUT2D eigenvalue weighted by atomic mass is 10.1. The highest BCUT2D eigenvalue weighted by molar-refractivity contribution is 7.93. The lowest BCUT2D eigenvalue weighted by molar-refractivity contribution is 0.598. The minimum absolute atomic E-state index is 0.0785. The SMILES string of the molecule is NS(=O)(=O)c1ccccc1NS(=O)(=O)c1cccc(-c2cc(Cl)ccc2Cl)c1. The predicted octanol–water partition coefficient (Wildman–Crippen LogP) is 4.11. The van der Waals surface area contributed by atoms with Crippen LogP contribution in [0.5, 0.6) is 0 Å². The van der Waals surface area contributed by atoms with Crippen LogP contribution in [0.4, 0.5) is 5.69 Å². The van der Waals surface area contributed by atoms with Gasteiger partial charge in [-0.05, 0) is 48.0 Å². The van der Waals surface area contributed by atoms with Gasteiger partial charge in [0.05, 0.1) is 10.6 Å². The van der Waals surface area contributed by atoms with Crippen molar-refractivity contribution in [2.24, 2.45) is 5.14 Å². The third-order valence-corrected chi connectivity index (χ3v) is 6.72. The molecule has 146 valence electrons. The van der Waals surface area contributed by atoms with Crippen LogP contribution in [-0.4, -0.2) is 16.8 Å². The Kier molecular flexibility index (Phi) is 5.69. The van der Waals surface area contributed by atoms with E-state index in [0.717, 1.165) is 0 Å². The van der Waals surface area contributed by atoms with Gasteiger partial charge in [-0.1, -0.05) is 47.5 Å². The Morgan fingerprint density at radius 3 is 2.25 bits per heavy atom. The molecule has 0 heterocycles. The molecule has 10 heteroatoms. The summed E-state index contributed by atoms with van der Waals surface area (Å²) in [5, 5.41) is 6.02. The second-order valence-electron chi connectivity index (χ2n) is 5.80. The van der Waals surface area contributed by atoms with Crippen LogP contribution in [0.1, 0.15) is 0 Å². The highest BCUT2D eigenvalue weighted by atomic mass is 35.5. The summed E-state index contributed by atoms with van der Waals surface area (Å²) < 4.78 is 51.3. The first-order chi connectivity index (χ1) is 13.1. The van der Waals surface area contributed by atoms with E-state index in [9.17, 15) is 16.8 Å². The zero-order valence-corrected chi connectivity index (χ0v) is 17.3. The smallest absolute Gasteiger partial charge is 0.261 e. The summed E-state index contributed by atoms with van der Waals surface area (Å²) in [6, 6.07) is 16.4. The van der Waals surface area contributed by atoms with Crippen LogP contribution in [0.2, 0.25) is 10.0 Å². The Labute approximate surface area is 173 Å². The Hall–Kier alpha value is -2.10. The van der Waals surface area contributed by atoms with Gasteiger partial charge in [-0.3, -0.25) is 4.72 Å². The molecule has 0 saturated carbocycles. The van der Waals surface area contributed by atoms with Gasteiger partial charge < -0.3 is 0 Å². The highest BCUT2D eigenvalue weighted by Crippen LogP contribution is 2.32. The number of nitrogens with two attached hydrogens (primary N) is 1. The zero-order valence-electron chi connectivity index (χ0n) is 14.1. The van der Waals surface area contributed by atoms with E-state index in [4.69, 9.17) is 28.3 Å². The van der Waals surface area contributed by atoms with E-state index in [1.165, 1.54) is 36.4 Å². The molecule has 0 aliphatic heterocycles. The number of rotatable bonds is 5. The summed E-state index contributed by atoms with van der Waals surface area (Å²) in [5.41, 5.74) is 0.961. The third-order valence-electron chi connectivity index (χ3n) is 3.82. The number of para-hydroxylation sites is 1. The molecule has 0 aromatic heterocycles. The molecule has 0 spiro atoms. The van der Waals surface area contributed by atoms with Crippen molar-refractivity contribution in [2.45, 2.75) is 9.79 Å². The van der Waals surface area contributed by atoms with Gasteiger partial charge in [-0.15, -0.1) is 0 Å². The fraction of sp³-hybridized carbons (Fsp3) is 0. The number of sulfonamides is 2. The summed E-state index contributed by atoms with van der Waals surface area (Å²) in [5.74, 6) is 0. The van der Waals surface area contributed by atoms with Gasteiger partial charge in [0.25, 0.3) is 10.0 Å². The number of nitrogens with one attached hydrogen (secondary N) is 1. The van der Waals surface area contributed by atoms with Crippen LogP contribution >= 0.6 is 23.2 Å². The maximum absolute atomic E-state index is 12.8. The van der Waals surface area contributed by atoms with Gasteiger partial charge in [0.15, 0.2) is 0 Å². The first-order valence-corrected chi connectivity index (χ1v) is 11.6. The van der Waals surface area contributed by atoms with Crippen molar-refractivity contribution >= 4 is 48.9 Å². The molecular weight excluding hydrogens is 443 g/mol. The van der Waals surface area contributed by atoms with E-state index < -0.39 is 20.0 Å². The minimum Gasteiger partial charge on any atom is -0.278 e. The van der Waals surface area contributed by atoms with Gasteiger partial charge in [0, 0.05) is 15.6 Å². The molecule has 0 saturated heterocycles. The summed E-state index contributed by atoms with van der Waals surface area (Å²) in [7, 11) is -8.20. The molecule has 3 rings (SSSR count). The van der Waals surface area contributed by atoms with Gasteiger partial charge >= 0.3 is 0 Å². The molecule has 0 fully saturated rings. The molecule has 0 aliphatic carbocycles. The number of benzene rings is 3. The highest BCUT2D eigenvalue weighted by Gasteiger charge is 2.20. The van der Waals surface area contributed by atoms with Crippen LogP contribution in [0.15, 0.2) is 76.5 Å². The number of hydrogen-bond acceptors (Lipinski definition) is 4. The Morgan fingerprint density at radius 2 is 1.54 bits per heavy atom. The molecule has 0 amide bonds. The van der Waals surface area contributed by atoms with Crippen molar-refractivity contribution < 1.29 is 16.8 Å². The van der Waals surface area contributed by atoms with Gasteiger partial charge in [0.2, 0.25) is 10.0 Å². The predicted molar refractivity (Wildman–Crippen MR) is 111 cm³/mol. The van der Waals surface area contributed by atoms with Gasteiger partial charge in [0.1, 0.15) is 4.90 Å². The minimum atomic E-state index is -4.11. The molecule has 0 atom stereocenters. The quantitative estimate of drug-likeness (QED) is 0.601. The second kappa shape index (κ2) is 7.73. The van der Waals surface area contributed by atoms with Crippen molar-refractivity contribution in [3.63, 3.8) is 0 Å². The molecule has 0 unspecified atom stereocenters. The number of hydrogen-bond donors (Lipinski definition) is 2. The first-order valence-electron chi connectivity index (χ1n) is 7.78. The largest absolute Gasteiger partial charge is 0.278 e. The molecule has 0 aliphatic rings. The lowest BCUT2D eigenvalue weighted by Gasteiger charge is -2.12. The maximum atomic E-state index is 12.8. The molecule has 0 bridgehead atoms. The van der Waals surface area contributed by atoms with Gasteiger partial charge in [-0.2, -0.15) is 0 Å². The van der Waals surface area contributed by atoms with Crippen LogP contribution in [0.3, 0.4) is 0 Å². The fourth-order valence-corrected chi connectivity index (χ4v) is 4.83. The maximum Gasteiger partial charge on any atom is 0.261 e. The van der Waals surface area contributed by atoms with E-state index in [1.54, 1.807) is 30.3 Å². The van der Waals surface area contributed by atoms with Crippen molar-refractivity contribution in [1.82, 2.24) is 0 Å². The lowest BCUT2D eigenvalue weighted by Crippen LogP contribution is -2.18. The summed E-state index contributed by atoms with van der Waals surface area (Å²) in [6.45, 7) is 0. The summed E-state index contributed by atoms with van der Waals surface area (Å²) >= 11 is 12.2. The van der Waals surface area contributed by atoms with Crippen molar-refractivity contribution in [3.8, 4) is 11.1 Å². The topological polar surface area (TPSA) is 106 Å². The molecule has 3 aromatic carbocycles. The molecule has 3 aromatic rings. The fourth-order valence-electron chi connectivity index (χ4n) is 2.55.